The van der Waals surface area contributed by atoms with Crippen LogP contribution in [-0.4, -0.2) is 36.6 Å². The number of carbonyl (C=O) groups excluding carboxylic acids is 1. The summed E-state index contributed by atoms with van der Waals surface area (Å²) in [5, 5.41) is 2.78. The van der Waals surface area contributed by atoms with E-state index in [-0.39, 0.29) is 5.92 Å². The lowest BCUT2D eigenvalue weighted by Crippen LogP contribution is -2.30. The van der Waals surface area contributed by atoms with Gasteiger partial charge in [0.05, 0.1) is 17.0 Å². The number of carbonyl (C=O) groups is 1. The van der Waals surface area contributed by atoms with Gasteiger partial charge in [-0.3, -0.25) is 4.79 Å². The molecule has 3 rings (SSSR count). The Morgan fingerprint density at radius 3 is 2.36 bits per heavy atom. The minimum Gasteiger partial charge on any atom is -0.299 e. The predicted molar refractivity (Wildman–Crippen MR) is 113 cm³/mol. The van der Waals surface area contributed by atoms with Crippen molar-refractivity contribution in [3.63, 3.8) is 0 Å². The van der Waals surface area contributed by atoms with Crippen molar-refractivity contribution >= 4 is 27.1 Å². The van der Waals surface area contributed by atoms with Crippen molar-refractivity contribution in [3.8, 4) is 11.3 Å². The molecule has 0 N–H and O–H groups in total. The van der Waals surface area contributed by atoms with Crippen LogP contribution in [0.1, 0.15) is 51.0 Å². The third-order valence-electron chi connectivity index (χ3n) is 5.43. The number of nitrogens with zero attached hydrogens (tertiary/aromatic N) is 2. The summed E-state index contributed by atoms with van der Waals surface area (Å²) < 4.78 is 26.6. The molecule has 1 heterocycles. The summed E-state index contributed by atoms with van der Waals surface area (Å²) >= 11 is 1.50. The minimum absolute atomic E-state index is 0.200. The Morgan fingerprint density at radius 2 is 1.75 bits per heavy atom. The molecule has 0 spiro atoms. The molecule has 0 radical (unpaired) electrons. The number of ketones is 1. The van der Waals surface area contributed by atoms with Crippen LogP contribution in [0.15, 0.2) is 34.5 Å². The van der Waals surface area contributed by atoms with Crippen molar-refractivity contribution in [2.75, 3.05) is 13.1 Å². The molecule has 152 valence electrons. The SMILES string of the molecule is CCN(CC)S(=O)(=O)c1ccc(-c2csc(CC(=O)C3CCCCC3)n2)cc1. The van der Waals surface area contributed by atoms with Crippen molar-refractivity contribution in [2.24, 2.45) is 5.92 Å². The molecule has 1 aromatic heterocycles. The molecule has 7 heteroatoms. The van der Waals surface area contributed by atoms with Gasteiger partial charge in [-0.1, -0.05) is 45.2 Å². The first-order valence-electron chi connectivity index (χ1n) is 10.0. The molecule has 5 nitrogen and oxygen atoms in total. The van der Waals surface area contributed by atoms with Crippen molar-refractivity contribution in [1.82, 2.24) is 9.29 Å². The highest BCUT2D eigenvalue weighted by molar-refractivity contribution is 7.89. The van der Waals surface area contributed by atoms with E-state index >= 15 is 0 Å². The summed E-state index contributed by atoms with van der Waals surface area (Å²) in [6.45, 7) is 4.57. The van der Waals surface area contributed by atoms with E-state index in [1.54, 1.807) is 24.3 Å². The second kappa shape index (κ2) is 9.29. The molecule has 0 bridgehead atoms. The molecule has 2 aromatic rings. The molecule has 0 amide bonds. The lowest BCUT2D eigenvalue weighted by Gasteiger charge is -2.19. The van der Waals surface area contributed by atoms with Crippen LogP contribution in [0.2, 0.25) is 0 Å². The zero-order chi connectivity index (χ0) is 20.1. The molecule has 28 heavy (non-hydrogen) atoms. The normalized spacial score (nSPS) is 15.8. The Hall–Kier alpha value is -1.57. The minimum atomic E-state index is -3.45. The summed E-state index contributed by atoms with van der Waals surface area (Å²) in [5.74, 6) is 0.506. The number of rotatable bonds is 8. The number of Topliss-reactive ketones (excluding diaryl/α,β-unsaturated/α-hetero) is 1. The standard InChI is InChI=1S/C21H28N2O3S2/c1-3-23(4-2)28(25,26)18-12-10-16(11-13-18)19-15-27-21(22-19)14-20(24)17-8-6-5-7-9-17/h10-13,15,17H,3-9,14H2,1-2H3. The average Bonchev–Trinajstić information content (AvgIpc) is 3.18. The molecule has 0 atom stereocenters. The highest BCUT2D eigenvalue weighted by Gasteiger charge is 2.23. The lowest BCUT2D eigenvalue weighted by atomic mass is 9.85. The van der Waals surface area contributed by atoms with Crippen LogP contribution in [0, 0.1) is 5.92 Å². The first kappa shape index (κ1) is 21.1. The summed E-state index contributed by atoms with van der Waals surface area (Å²) in [6, 6.07) is 6.85. The summed E-state index contributed by atoms with van der Waals surface area (Å²) in [4.78, 5) is 17.4. The Kier molecular flexibility index (Phi) is 7.01. The van der Waals surface area contributed by atoms with E-state index in [1.165, 1.54) is 22.1 Å². The monoisotopic (exact) mass is 420 g/mol. The van der Waals surface area contributed by atoms with Gasteiger partial charge in [-0.2, -0.15) is 4.31 Å². The van der Waals surface area contributed by atoms with Crippen LogP contribution in [0.25, 0.3) is 11.3 Å². The highest BCUT2D eigenvalue weighted by Crippen LogP contribution is 2.28. The number of hydrogen-bond acceptors (Lipinski definition) is 5. The molecule has 1 aliphatic carbocycles. The van der Waals surface area contributed by atoms with Gasteiger partial charge in [0.1, 0.15) is 10.8 Å². The zero-order valence-corrected chi connectivity index (χ0v) is 18.2. The highest BCUT2D eigenvalue weighted by atomic mass is 32.2. The van der Waals surface area contributed by atoms with Crippen molar-refractivity contribution in [3.05, 3.63) is 34.7 Å². The van der Waals surface area contributed by atoms with Gasteiger partial charge >= 0.3 is 0 Å². The molecular weight excluding hydrogens is 392 g/mol. The molecule has 1 aliphatic rings. The Bertz CT molecular complexity index is 894. The molecule has 1 aromatic carbocycles. The van der Waals surface area contributed by atoms with Gasteiger partial charge in [-0.25, -0.2) is 13.4 Å². The smallest absolute Gasteiger partial charge is 0.243 e. The van der Waals surface area contributed by atoms with Crippen LogP contribution in [0.3, 0.4) is 0 Å². The summed E-state index contributed by atoms with van der Waals surface area (Å²) in [5.41, 5.74) is 1.66. The van der Waals surface area contributed by atoms with Crippen LogP contribution in [0.5, 0.6) is 0 Å². The van der Waals surface area contributed by atoms with Crippen LogP contribution in [-0.2, 0) is 21.2 Å². The molecular formula is C21H28N2O3S2. The molecule has 1 fully saturated rings. The first-order chi connectivity index (χ1) is 13.5. The lowest BCUT2D eigenvalue weighted by molar-refractivity contribution is -0.123. The van der Waals surface area contributed by atoms with Crippen LogP contribution < -0.4 is 0 Å². The van der Waals surface area contributed by atoms with Gasteiger partial charge in [0.15, 0.2) is 0 Å². The fourth-order valence-corrected chi connectivity index (χ4v) is 6.02. The maximum absolute atomic E-state index is 12.6. The average molecular weight is 421 g/mol. The summed E-state index contributed by atoms with van der Waals surface area (Å²) in [6.07, 6.45) is 5.98. The van der Waals surface area contributed by atoms with Gasteiger partial charge in [0.25, 0.3) is 0 Å². The van der Waals surface area contributed by atoms with E-state index in [0.717, 1.165) is 41.9 Å². The van der Waals surface area contributed by atoms with Gasteiger partial charge in [-0.05, 0) is 25.0 Å². The van der Waals surface area contributed by atoms with Crippen molar-refractivity contribution in [2.45, 2.75) is 57.3 Å². The van der Waals surface area contributed by atoms with E-state index in [2.05, 4.69) is 4.98 Å². The number of sulfonamides is 1. The second-order valence-electron chi connectivity index (χ2n) is 7.22. The third kappa shape index (κ3) is 4.70. The number of hydrogen-bond donors (Lipinski definition) is 0. The van der Waals surface area contributed by atoms with Gasteiger partial charge in [-0.15, -0.1) is 11.3 Å². The topological polar surface area (TPSA) is 67.3 Å². The first-order valence-corrected chi connectivity index (χ1v) is 12.3. The quantitative estimate of drug-likeness (QED) is 0.629. The summed E-state index contributed by atoms with van der Waals surface area (Å²) in [7, 11) is -3.45. The van der Waals surface area contributed by atoms with Gasteiger partial charge < -0.3 is 0 Å². The van der Waals surface area contributed by atoms with Gasteiger partial charge in [0, 0.05) is 30.0 Å². The number of benzene rings is 1. The van der Waals surface area contributed by atoms with Gasteiger partial charge in [0.2, 0.25) is 10.0 Å². The maximum atomic E-state index is 12.6. The second-order valence-corrected chi connectivity index (χ2v) is 10.1. The Morgan fingerprint density at radius 1 is 1.11 bits per heavy atom. The maximum Gasteiger partial charge on any atom is 0.243 e. The zero-order valence-electron chi connectivity index (χ0n) is 16.6. The van der Waals surface area contributed by atoms with E-state index in [4.69, 9.17) is 0 Å². The third-order valence-corrected chi connectivity index (χ3v) is 8.34. The number of thiazole rings is 1. The largest absolute Gasteiger partial charge is 0.299 e. The van der Waals surface area contributed by atoms with Crippen LogP contribution in [0.4, 0.5) is 0 Å². The molecule has 0 aliphatic heterocycles. The number of aromatic nitrogens is 1. The molecule has 0 unspecified atom stereocenters. The van der Waals surface area contributed by atoms with Crippen LogP contribution >= 0.6 is 11.3 Å². The van der Waals surface area contributed by atoms with Crippen molar-refractivity contribution < 1.29 is 13.2 Å². The van der Waals surface area contributed by atoms with E-state index in [9.17, 15) is 13.2 Å². The Balaban J connectivity index is 1.70. The fraction of sp³-hybridized carbons (Fsp3) is 0.524. The Labute approximate surface area is 171 Å². The van der Waals surface area contributed by atoms with E-state index in [1.807, 2.05) is 19.2 Å². The van der Waals surface area contributed by atoms with E-state index in [0.29, 0.717) is 30.2 Å². The fourth-order valence-electron chi connectivity index (χ4n) is 3.75. The predicted octanol–water partition coefficient (Wildman–Crippen LogP) is 4.53. The molecule has 1 saturated carbocycles. The molecule has 0 saturated heterocycles. The van der Waals surface area contributed by atoms with E-state index < -0.39 is 10.0 Å². The van der Waals surface area contributed by atoms with Crippen molar-refractivity contribution in [1.29, 1.82) is 0 Å².